The molecule has 1 fully saturated rings. The molecule has 2 aliphatic rings. The van der Waals surface area contributed by atoms with Gasteiger partial charge in [-0.05, 0) is 44.2 Å². The highest BCUT2D eigenvalue weighted by molar-refractivity contribution is 8.00. The molecule has 2 amide bonds. The van der Waals surface area contributed by atoms with Crippen molar-refractivity contribution in [3.05, 3.63) is 22.4 Å². The van der Waals surface area contributed by atoms with Gasteiger partial charge >= 0.3 is 6.09 Å². The SMILES string of the molecule is CCOC(=O)N1CCN(C(=O)CSc2nc3c(c(C)c2C#N)CCC3)CC1. The van der Waals surface area contributed by atoms with E-state index in [0.717, 1.165) is 30.5 Å². The first-order valence-electron chi connectivity index (χ1n) is 9.29. The van der Waals surface area contributed by atoms with Gasteiger partial charge in [-0.2, -0.15) is 5.26 Å². The molecule has 0 saturated carbocycles. The third kappa shape index (κ3) is 4.19. The first kappa shape index (κ1) is 19.5. The number of aromatic nitrogens is 1. The minimum atomic E-state index is -0.324. The quantitative estimate of drug-likeness (QED) is 0.735. The van der Waals surface area contributed by atoms with Crippen LogP contribution in [0, 0.1) is 18.3 Å². The van der Waals surface area contributed by atoms with Gasteiger partial charge in [0.2, 0.25) is 5.91 Å². The number of carbonyl (C=O) groups is 2. The first-order valence-corrected chi connectivity index (χ1v) is 10.3. The summed E-state index contributed by atoms with van der Waals surface area (Å²) in [6.07, 6.45) is 2.68. The predicted octanol–water partition coefficient (Wildman–Crippen LogP) is 2.14. The molecule has 0 bridgehead atoms. The van der Waals surface area contributed by atoms with Gasteiger partial charge in [0.25, 0.3) is 0 Å². The van der Waals surface area contributed by atoms with Crippen LogP contribution in [0.4, 0.5) is 4.79 Å². The van der Waals surface area contributed by atoms with Crippen molar-refractivity contribution in [3.8, 4) is 6.07 Å². The number of nitriles is 1. The highest BCUT2D eigenvalue weighted by Crippen LogP contribution is 2.31. The summed E-state index contributed by atoms with van der Waals surface area (Å²) in [5.41, 5.74) is 3.89. The molecule has 0 N–H and O–H groups in total. The van der Waals surface area contributed by atoms with Crippen LogP contribution in [0.1, 0.15) is 35.7 Å². The van der Waals surface area contributed by atoms with Gasteiger partial charge in [-0.1, -0.05) is 11.8 Å². The van der Waals surface area contributed by atoms with Gasteiger partial charge < -0.3 is 14.5 Å². The largest absolute Gasteiger partial charge is 0.450 e. The van der Waals surface area contributed by atoms with Crippen molar-refractivity contribution in [2.24, 2.45) is 0 Å². The monoisotopic (exact) mass is 388 g/mol. The molecule has 0 spiro atoms. The van der Waals surface area contributed by atoms with Crippen LogP contribution in [-0.4, -0.2) is 65.3 Å². The van der Waals surface area contributed by atoms with Crippen LogP contribution in [0.15, 0.2) is 5.03 Å². The summed E-state index contributed by atoms with van der Waals surface area (Å²) in [6.45, 7) is 6.07. The van der Waals surface area contributed by atoms with Crippen molar-refractivity contribution in [1.82, 2.24) is 14.8 Å². The highest BCUT2D eigenvalue weighted by Gasteiger charge is 2.26. The Hall–Kier alpha value is -2.27. The van der Waals surface area contributed by atoms with E-state index >= 15 is 0 Å². The van der Waals surface area contributed by atoms with Gasteiger partial charge in [-0.25, -0.2) is 9.78 Å². The van der Waals surface area contributed by atoms with Crippen LogP contribution in [0.5, 0.6) is 0 Å². The molecule has 1 aromatic rings. The summed E-state index contributed by atoms with van der Waals surface area (Å²) < 4.78 is 5.00. The van der Waals surface area contributed by atoms with E-state index in [-0.39, 0.29) is 17.8 Å². The van der Waals surface area contributed by atoms with E-state index in [1.54, 1.807) is 16.7 Å². The average molecular weight is 388 g/mol. The lowest BCUT2D eigenvalue weighted by molar-refractivity contribution is -0.129. The molecular formula is C19H24N4O3S. The van der Waals surface area contributed by atoms with Crippen LogP contribution in [-0.2, 0) is 22.4 Å². The van der Waals surface area contributed by atoms with Crippen LogP contribution in [0.2, 0.25) is 0 Å². The fourth-order valence-electron chi connectivity index (χ4n) is 3.56. The summed E-state index contributed by atoms with van der Waals surface area (Å²) >= 11 is 1.34. The summed E-state index contributed by atoms with van der Waals surface area (Å²) in [5, 5.41) is 10.2. The zero-order valence-corrected chi connectivity index (χ0v) is 16.6. The minimum Gasteiger partial charge on any atom is -0.450 e. The van der Waals surface area contributed by atoms with Crippen LogP contribution in [0.25, 0.3) is 0 Å². The smallest absolute Gasteiger partial charge is 0.409 e. The average Bonchev–Trinajstić information content (AvgIpc) is 3.15. The first-order chi connectivity index (χ1) is 13.0. The maximum Gasteiger partial charge on any atom is 0.409 e. The number of thioether (sulfide) groups is 1. The molecule has 27 heavy (non-hydrogen) atoms. The van der Waals surface area contributed by atoms with Crippen molar-refractivity contribution in [3.63, 3.8) is 0 Å². The molecule has 0 unspecified atom stereocenters. The molecule has 1 aliphatic carbocycles. The third-order valence-electron chi connectivity index (χ3n) is 5.07. The molecule has 8 heteroatoms. The van der Waals surface area contributed by atoms with Crippen molar-refractivity contribution < 1.29 is 14.3 Å². The van der Waals surface area contributed by atoms with Gasteiger partial charge in [0.1, 0.15) is 11.1 Å². The molecule has 0 atom stereocenters. The normalized spacial score (nSPS) is 16.0. The zero-order valence-electron chi connectivity index (χ0n) is 15.8. The van der Waals surface area contributed by atoms with Gasteiger partial charge in [-0.15, -0.1) is 0 Å². The van der Waals surface area contributed by atoms with Gasteiger partial charge in [-0.3, -0.25) is 4.79 Å². The Balaban J connectivity index is 1.58. The maximum absolute atomic E-state index is 12.6. The summed E-state index contributed by atoms with van der Waals surface area (Å²) in [6, 6.07) is 2.26. The Morgan fingerprint density at radius 1 is 1.22 bits per heavy atom. The van der Waals surface area contributed by atoms with Gasteiger partial charge in [0.05, 0.1) is 17.9 Å². The second-order valence-corrected chi connectivity index (χ2v) is 7.63. The fraction of sp³-hybridized carbons (Fsp3) is 0.579. The second-order valence-electron chi connectivity index (χ2n) is 6.66. The number of hydrogen-bond donors (Lipinski definition) is 0. The van der Waals surface area contributed by atoms with Gasteiger partial charge in [0, 0.05) is 31.9 Å². The summed E-state index contributed by atoms with van der Waals surface area (Å²) in [4.78, 5) is 32.3. The van der Waals surface area contributed by atoms with E-state index in [2.05, 4.69) is 11.1 Å². The standard InChI is InChI=1S/C19H24N4O3S/c1-3-26-19(25)23-9-7-22(8-10-23)17(24)12-27-18-15(11-20)13(2)14-5-4-6-16(14)21-18/h3-10,12H2,1-2H3. The van der Waals surface area contributed by atoms with E-state index in [1.807, 2.05) is 6.92 Å². The Bertz CT molecular complexity index is 782. The molecule has 1 aromatic heterocycles. The predicted molar refractivity (Wildman–Crippen MR) is 102 cm³/mol. The number of aryl methyl sites for hydroxylation is 1. The Morgan fingerprint density at radius 3 is 2.59 bits per heavy atom. The van der Waals surface area contributed by atoms with E-state index in [9.17, 15) is 14.9 Å². The summed E-state index contributed by atoms with van der Waals surface area (Å²) in [7, 11) is 0. The zero-order chi connectivity index (χ0) is 19.4. The van der Waals surface area contributed by atoms with Crippen molar-refractivity contribution >= 4 is 23.8 Å². The second kappa shape index (κ2) is 8.61. The number of carbonyl (C=O) groups excluding carboxylic acids is 2. The maximum atomic E-state index is 12.6. The summed E-state index contributed by atoms with van der Waals surface area (Å²) in [5.74, 6) is 0.256. The lowest BCUT2D eigenvalue weighted by Crippen LogP contribution is -2.51. The number of fused-ring (bicyclic) bond motifs is 1. The number of amides is 2. The molecule has 144 valence electrons. The van der Waals surface area contributed by atoms with Gasteiger partial charge in [0.15, 0.2) is 0 Å². The Morgan fingerprint density at radius 2 is 1.93 bits per heavy atom. The van der Waals surface area contributed by atoms with E-state index in [4.69, 9.17) is 4.74 Å². The minimum absolute atomic E-state index is 0.00681. The van der Waals surface area contributed by atoms with E-state index in [1.165, 1.54) is 17.3 Å². The number of pyridine rings is 1. The van der Waals surface area contributed by atoms with Crippen LogP contribution < -0.4 is 0 Å². The highest BCUT2D eigenvalue weighted by atomic mass is 32.2. The molecule has 1 aliphatic heterocycles. The van der Waals surface area contributed by atoms with E-state index in [0.29, 0.717) is 43.4 Å². The molecule has 2 heterocycles. The molecule has 0 radical (unpaired) electrons. The Labute approximate surface area is 163 Å². The lowest BCUT2D eigenvalue weighted by atomic mass is 10.0. The number of nitrogens with zero attached hydrogens (tertiary/aromatic N) is 4. The number of rotatable bonds is 4. The molecule has 3 rings (SSSR count). The van der Waals surface area contributed by atoms with Crippen molar-refractivity contribution in [2.45, 2.75) is 38.1 Å². The lowest BCUT2D eigenvalue weighted by Gasteiger charge is -2.34. The Kier molecular flexibility index (Phi) is 6.22. The topological polar surface area (TPSA) is 86.5 Å². The number of hydrogen-bond acceptors (Lipinski definition) is 6. The molecular weight excluding hydrogens is 364 g/mol. The number of ether oxygens (including phenoxy) is 1. The fourth-order valence-corrected chi connectivity index (χ4v) is 4.52. The van der Waals surface area contributed by atoms with E-state index < -0.39 is 0 Å². The number of piperazine rings is 1. The van der Waals surface area contributed by atoms with Crippen LogP contribution in [0.3, 0.4) is 0 Å². The third-order valence-corrected chi connectivity index (χ3v) is 6.03. The molecule has 7 nitrogen and oxygen atoms in total. The van der Waals surface area contributed by atoms with Crippen molar-refractivity contribution in [1.29, 1.82) is 5.26 Å². The molecule has 0 aromatic carbocycles. The molecule has 1 saturated heterocycles. The van der Waals surface area contributed by atoms with Crippen molar-refractivity contribution in [2.75, 3.05) is 38.5 Å². The van der Waals surface area contributed by atoms with Crippen LogP contribution >= 0.6 is 11.8 Å².